The maximum absolute atomic E-state index is 14.9. The van der Waals surface area contributed by atoms with Crippen LogP contribution in [0.4, 0.5) is 0 Å². The molecule has 3 heterocycles. The molecule has 3 aromatic rings. The van der Waals surface area contributed by atoms with Gasteiger partial charge in [0.1, 0.15) is 48.7 Å². The molecule has 6 atom stereocenters. The van der Waals surface area contributed by atoms with Gasteiger partial charge in [-0.2, -0.15) is 0 Å². The zero-order valence-electron chi connectivity index (χ0n) is 49.2. The summed E-state index contributed by atoms with van der Waals surface area (Å²) in [6, 6.07) is 14.3. The molecule has 22 nitrogen and oxygen atoms in total. The van der Waals surface area contributed by atoms with Gasteiger partial charge in [-0.05, 0) is 120 Å². The maximum atomic E-state index is 14.9. The molecule has 0 aliphatic carbocycles. The molecule has 1 unspecified atom stereocenters. The standard InChI is InChI=1S/C62H78N6O16/c1-10-81-53(71)32-29-45-58(75)67-35-19-25-46(67)57(74)64(5)33-16-15-26-52(70)83-39-62(3,4)55(72)60(77)68-34-17-14-24-47(68)61(78)84-48(30-27-41-28-31-49(79-8)50(36-41)80-9)43-22-18-23-44(37-43)82-38-51(69)65(6)40(2)56(73)63-54(59(76)66(45)7)42-20-12-11-13-21-42/h10-13,15,18,20-23,26,28,31,36-37,40,45-48,54H,1,14,16-17,19,24-25,27,29-30,32-35,38-39H2,2-9H3,(H,63,73)/b26-15-/t40-,45-,46-,47-,48+,54?/m0/s1. The highest BCUT2D eigenvalue weighted by Crippen LogP contribution is 2.33. The minimum absolute atomic E-state index is 0.0926. The number of ketones is 1. The summed E-state index contributed by atoms with van der Waals surface area (Å²) < 4.78 is 33.7. The molecule has 452 valence electrons. The van der Waals surface area contributed by atoms with Gasteiger partial charge >= 0.3 is 17.9 Å². The van der Waals surface area contributed by atoms with E-state index >= 15 is 0 Å². The van der Waals surface area contributed by atoms with E-state index in [2.05, 4.69) is 11.9 Å². The first kappa shape index (κ1) is 64.6. The molecule has 2 fully saturated rings. The summed E-state index contributed by atoms with van der Waals surface area (Å²) >= 11 is 0. The van der Waals surface area contributed by atoms with E-state index in [1.54, 1.807) is 73.8 Å². The van der Waals surface area contributed by atoms with E-state index in [4.69, 9.17) is 28.4 Å². The Morgan fingerprint density at radius 1 is 0.750 bits per heavy atom. The molecule has 84 heavy (non-hydrogen) atoms. The number of aryl methyl sites for hydroxylation is 1. The number of Topliss-reactive ketones (excluding diaryl/α,β-unsaturated/α-hetero) is 1. The normalized spacial score (nSPS) is 23.7. The van der Waals surface area contributed by atoms with Gasteiger partial charge in [-0.3, -0.25) is 38.4 Å². The molecule has 2 bridgehead atoms. The number of piperidine rings is 1. The van der Waals surface area contributed by atoms with Crippen LogP contribution >= 0.6 is 0 Å². The van der Waals surface area contributed by atoms with Crippen molar-refractivity contribution in [3.8, 4) is 17.2 Å². The van der Waals surface area contributed by atoms with Gasteiger partial charge in [-0.25, -0.2) is 9.59 Å². The van der Waals surface area contributed by atoms with Crippen molar-refractivity contribution in [2.75, 3.05) is 68.2 Å². The highest BCUT2D eigenvalue weighted by molar-refractivity contribution is 6.38. The van der Waals surface area contributed by atoms with Crippen molar-refractivity contribution in [2.24, 2.45) is 5.41 Å². The van der Waals surface area contributed by atoms with Crippen molar-refractivity contribution in [3.63, 3.8) is 0 Å². The van der Waals surface area contributed by atoms with Gasteiger partial charge < -0.3 is 58.2 Å². The number of esters is 3. The largest absolute Gasteiger partial charge is 0.493 e. The van der Waals surface area contributed by atoms with Gasteiger partial charge in [-0.1, -0.05) is 61.2 Å². The van der Waals surface area contributed by atoms with Crippen LogP contribution in [0.1, 0.15) is 107 Å². The average molecular weight is 1160 g/mol. The van der Waals surface area contributed by atoms with Crippen LogP contribution in [0.3, 0.4) is 0 Å². The maximum Gasteiger partial charge on any atom is 0.330 e. The van der Waals surface area contributed by atoms with Crippen molar-refractivity contribution < 1.29 is 76.4 Å². The van der Waals surface area contributed by atoms with Crippen LogP contribution in [0, 0.1) is 5.41 Å². The van der Waals surface area contributed by atoms with Gasteiger partial charge in [-0.15, -0.1) is 0 Å². The van der Waals surface area contributed by atoms with E-state index in [1.165, 1.54) is 69.9 Å². The molecular formula is C62H78N6O16. The lowest BCUT2D eigenvalue weighted by Crippen LogP contribution is -2.56. The van der Waals surface area contributed by atoms with E-state index in [0.29, 0.717) is 54.7 Å². The van der Waals surface area contributed by atoms with Crippen LogP contribution in [0.2, 0.25) is 0 Å². The summed E-state index contributed by atoms with van der Waals surface area (Å²) in [5.74, 6) is -5.98. The first-order valence-electron chi connectivity index (χ1n) is 28.2. The third-order valence-electron chi connectivity index (χ3n) is 15.5. The Hall–Kier alpha value is -8.56. The molecule has 0 radical (unpaired) electrons. The lowest BCUT2D eigenvalue weighted by Gasteiger charge is -2.36. The van der Waals surface area contributed by atoms with Gasteiger partial charge in [0.2, 0.25) is 29.4 Å². The van der Waals surface area contributed by atoms with E-state index in [0.717, 1.165) is 27.7 Å². The van der Waals surface area contributed by atoms with Crippen LogP contribution in [0.25, 0.3) is 0 Å². The Bertz CT molecular complexity index is 2930. The Morgan fingerprint density at radius 2 is 1.45 bits per heavy atom. The zero-order chi connectivity index (χ0) is 61.3. The monoisotopic (exact) mass is 1160 g/mol. The predicted octanol–water partition coefficient (Wildman–Crippen LogP) is 5.23. The van der Waals surface area contributed by atoms with Crippen molar-refractivity contribution in [1.29, 1.82) is 0 Å². The number of nitrogens with one attached hydrogen (secondary N) is 1. The number of hydrogen-bond acceptors (Lipinski definition) is 16. The molecule has 0 saturated carbocycles. The fourth-order valence-electron chi connectivity index (χ4n) is 10.2. The summed E-state index contributed by atoms with van der Waals surface area (Å²) in [5, 5.41) is 2.78. The zero-order valence-corrected chi connectivity index (χ0v) is 49.2. The predicted molar refractivity (Wildman–Crippen MR) is 306 cm³/mol. The first-order valence-corrected chi connectivity index (χ1v) is 28.2. The molecule has 3 aromatic carbocycles. The fourth-order valence-corrected chi connectivity index (χ4v) is 10.2. The summed E-state index contributed by atoms with van der Waals surface area (Å²) in [6.45, 7) is 7.18. The first-order chi connectivity index (χ1) is 40.1. The van der Waals surface area contributed by atoms with Crippen molar-refractivity contribution >= 4 is 59.1 Å². The number of carbonyl (C=O) groups is 10. The number of methoxy groups -OCH3 is 2. The SMILES string of the molecule is C=COC(=O)CC[C@H]1C(=O)N2CCC[C@H]2C(=O)N(C)CC/C=C\C(=O)OCC(C)(C)C(=O)C(=O)N2CCCC[C@H]2C(=O)O[C@H](CCc2ccc(OC)c(OC)c2)c2cccc(c2)OCC(=O)N(C)[C@@H](C)C(=O)NC(c2ccccc2)C(=O)N1C. The van der Waals surface area contributed by atoms with E-state index in [9.17, 15) is 47.9 Å². The number of hydrogen-bond donors (Lipinski definition) is 1. The topological polar surface area (TPSA) is 254 Å². The highest BCUT2D eigenvalue weighted by Gasteiger charge is 2.44. The van der Waals surface area contributed by atoms with Crippen molar-refractivity contribution in [2.45, 2.75) is 121 Å². The fraction of sp³-hybridized carbons (Fsp3) is 0.484. The number of fused-ring (bicyclic) bond motifs is 4. The number of cyclic esters (lactones) is 2. The number of ether oxygens (including phenoxy) is 6. The summed E-state index contributed by atoms with van der Waals surface area (Å²) in [5.41, 5.74) is 0.145. The number of carbonyl (C=O) groups excluding carboxylic acids is 10. The molecule has 0 aromatic heterocycles. The lowest BCUT2D eigenvalue weighted by atomic mass is 9.87. The smallest absolute Gasteiger partial charge is 0.330 e. The van der Waals surface area contributed by atoms with Crippen LogP contribution in [-0.4, -0.2) is 176 Å². The molecule has 6 rings (SSSR count). The van der Waals surface area contributed by atoms with Crippen LogP contribution in [0.5, 0.6) is 17.2 Å². The van der Waals surface area contributed by atoms with Crippen LogP contribution < -0.4 is 19.5 Å². The van der Waals surface area contributed by atoms with Crippen LogP contribution in [0.15, 0.2) is 97.8 Å². The molecule has 1 N–H and O–H groups in total. The highest BCUT2D eigenvalue weighted by atomic mass is 16.5. The Balaban J connectivity index is 1.32. The van der Waals surface area contributed by atoms with E-state index in [1.807, 2.05) is 6.07 Å². The second kappa shape index (κ2) is 30.1. The second-order valence-corrected chi connectivity index (χ2v) is 21.7. The molecular weight excluding hydrogens is 1080 g/mol. The van der Waals surface area contributed by atoms with Gasteiger partial charge in [0.25, 0.3) is 11.8 Å². The third kappa shape index (κ3) is 16.6. The second-order valence-electron chi connectivity index (χ2n) is 21.7. The number of rotatable bonds is 10. The Kier molecular flexibility index (Phi) is 23.2. The van der Waals surface area contributed by atoms with E-state index < -0.39 is 114 Å². The molecule has 2 saturated heterocycles. The van der Waals surface area contributed by atoms with Gasteiger partial charge in [0, 0.05) is 53.3 Å². The van der Waals surface area contributed by atoms with Crippen molar-refractivity contribution in [3.05, 3.63) is 114 Å². The minimum Gasteiger partial charge on any atom is -0.493 e. The molecule has 22 heteroatoms. The average Bonchev–Trinajstić information content (AvgIpc) is 3.71. The molecule has 0 spiro atoms. The van der Waals surface area contributed by atoms with Crippen molar-refractivity contribution in [1.82, 2.24) is 29.8 Å². The summed E-state index contributed by atoms with van der Waals surface area (Å²) in [4.78, 5) is 146. The molecule has 6 amide bonds. The summed E-state index contributed by atoms with van der Waals surface area (Å²) in [7, 11) is 7.36. The Morgan fingerprint density at radius 3 is 2.17 bits per heavy atom. The van der Waals surface area contributed by atoms with Gasteiger partial charge in [0.15, 0.2) is 18.1 Å². The number of benzene rings is 3. The molecule has 3 aliphatic heterocycles. The number of likely N-dealkylation sites (N-methyl/N-ethyl adjacent to an activating group) is 3. The number of amides is 6. The lowest BCUT2D eigenvalue weighted by molar-refractivity contribution is -0.165. The quantitative estimate of drug-likeness (QED) is 0.118. The third-order valence-corrected chi connectivity index (χ3v) is 15.5. The Labute approximate surface area is 490 Å². The minimum atomic E-state index is -1.51. The molecule has 3 aliphatic rings. The van der Waals surface area contributed by atoms with Crippen LogP contribution in [-0.2, 0) is 68.6 Å². The van der Waals surface area contributed by atoms with E-state index in [-0.39, 0.29) is 57.5 Å². The van der Waals surface area contributed by atoms with Gasteiger partial charge in [0.05, 0.1) is 25.9 Å². The summed E-state index contributed by atoms with van der Waals surface area (Å²) in [6.07, 6.45) is 4.92. The number of nitrogens with zero attached hydrogens (tertiary/aromatic N) is 5.